The van der Waals surface area contributed by atoms with E-state index in [9.17, 15) is 0 Å². The standard InChI is InChI=1S/C10H18N2.ClH/c11-12-10-5-9(6-10,7-10)8-3-1-2-4-8;/h8,12H,1-7,11H2;1H. The molecular formula is C10H19ClN2. The van der Waals surface area contributed by atoms with Crippen LogP contribution in [0.1, 0.15) is 44.9 Å². The third-order valence-corrected chi connectivity index (χ3v) is 4.60. The number of nitrogens with one attached hydrogen (secondary N) is 1. The molecule has 3 N–H and O–H groups in total. The van der Waals surface area contributed by atoms with Gasteiger partial charge in [-0.2, -0.15) is 0 Å². The maximum atomic E-state index is 5.51. The minimum Gasteiger partial charge on any atom is -0.271 e. The smallest absolute Gasteiger partial charge is 0.0337 e. The highest BCUT2D eigenvalue weighted by Crippen LogP contribution is 2.72. The molecule has 0 aromatic heterocycles. The monoisotopic (exact) mass is 202 g/mol. The van der Waals surface area contributed by atoms with Crippen molar-refractivity contribution in [3.63, 3.8) is 0 Å². The zero-order chi connectivity index (χ0) is 8.23. The molecule has 2 bridgehead atoms. The minimum atomic E-state index is 0. The molecule has 0 radical (unpaired) electrons. The second kappa shape index (κ2) is 2.85. The van der Waals surface area contributed by atoms with Crippen LogP contribution in [0.3, 0.4) is 0 Å². The Morgan fingerprint density at radius 3 is 2.08 bits per heavy atom. The molecule has 0 unspecified atom stereocenters. The summed E-state index contributed by atoms with van der Waals surface area (Å²) in [5.74, 6) is 6.58. The summed E-state index contributed by atoms with van der Waals surface area (Å²) in [6.45, 7) is 0. The summed E-state index contributed by atoms with van der Waals surface area (Å²) in [6.07, 6.45) is 10.1. The van der Waals surface area contributed by atoms with Crippen LogP contribution in [-0.4, -0.2) is 5.54 Å². The highest BCUT2D eigenvalue weighted by Gasteiger charge is 2.69. The summed E-state index contributed by atoms with van der Waals surface area (Å²) in [5.41, 5.74) is 4.16. The fraction of sp³-hybridized carbons (Fsp3) is 1.00. The predicted octanol–water partition coefficient (Wildman–Crippen LogP) is 1.98. The number of rotatable bonds is 2. The number of hydrogen-bond acceptors (Lipinski definition) is 2. The van der Waals surface area contributed by atoms with Crippen LogP contribution in [0.15, 0.2) is 0 Å². The van der Waals surface area contributed by atoms with Gasteiger partial charge in [-0.15, -0.1) is 12.4 Å². The first-order valence-electron chi connectivity index (χ1n) is 5.27. The second-order valence-electron chi connectivity index (χ2n) is 5.30. The van der Waals surface area contributed by atoms with Crippen LogP contribution in [0, 0.1) is 11.3 Å². The van der Waals surface area contributed by atoms with Gasteiger partial charge in [0.25, 0.3) is 0 Å². The molecule has 0 spiro atoms. The van der Waals surface area contributed by atoms with Crippen molar-refractivity contribution in [3.8, 4) is 0 Å². The number of hydrazine groups is 1. The van der Waals surface area contributed by atoms with E-state index in [1.165, 1.54) is 44.9 Å². The van der Waals surface area contributed by atoms with E-state index in [4.69, 9.17) is 5.84 Å². The molecule has 0 atom stereocenters. The van der Waals surface area contributed by atoms with Gasteiger partial charge in [0.15, 0.2) is 0 Å². The Labute approximate surface area is 86.0 Å². The molecule has 0 saturated heterocycles. The molecule has 0 heterocycles. The highest BCUT2D eigenvalue weighted by molar-refractivity contribution is 5.85. The van der Waals surface area contributed by atoms with Crippen LogP contribution in [0.2, 0.25) is 0 Å². The van der Waals surface area contributed by atoms with Crippen molar-refractivity contribution in [2.75, 3.05) is 0 Å². The highest BCUT2D eigenvalue weighted by atomic mass is 35.5. The van der Waals surface area contributed by atoms with Gasteiger partial charge in [-0.3, -0.25) is 11.3 Å². The Morgan fingerprint density at radius 2 is 1.62 bits per heavy atom. The molecule has 4 rings (SSSR count). The summed E-state index contributed by atoms with van der Waals surface area (Å²) >= 11 is 0. The van der Waals surface area contributed by atoms with E-state index >= 15 is 0 Å². The van der Waals surface area contributed by atoms with E-state index in [1.807, 2.05) is 0 Å². The van der Waals surface area contributed by atoms with Crippen LogP contribution in [0.5, 0.6) is 0 Å². The normalized spacial score (nSPS) is 47.8. The Bertz CT molecular complexity index is 191. The SMILES string of the molecule is Cl.NNC12CC(C3CCCC3)(C1)C2. The molecular weight excluding hydrogens is 184 g/mol. The van der Waals surface area contributed by atoms with Crippen molar-refractivity contribution >= 4 is 12.4 Å². The van der Waals surface area contributed by atoms with E-state index in [0.29, 0.717) is 5.54 Å². The molecule has 76 valence electrons. The number of halogens is 1. The molecule has 13 heavy (non-hydrogen) atoms. The Balaban J connectivity index is 0.000000653. The molecule has 2 nitrogen and oxygen atoms in total. The zero-order valence-electron chi connectivity index (χ0n) is 8.01. The van der Waals surface area contributed by atoms with Gasteiger partial charge < -0.3 is 0 Å². The van der Waals surface area contributed by atoms with E-state index in [-0.39, 0.29) is 12.4 Å². The van der Waals surface area contributed by atoms with Gasteiger partial charge >= 0.3 is 0 Å². The van der Waals surface area contributed by atoms with Gasteiger partial charge in [0.05, 0.1) is 0 Å². The van der Waals surface area contributed by atoms with Crippen molar-refractivity contribution in [2.45, 2.75) is 50.5 Å². The Kier molecular flexibility index (Phi) is 2.14. The lowest BCUT2D eigenvalue weighted by Crippen LogP contribution is -2.76. The lowest BCUT2D eigenvalue weighted by atomic mass is 9.36. The van der Waals surface area contributed by atoms with E-state index in [0.717, 1.165) is 11.3 Å². The molecule has 4 fully saturated rings. The first-order valence-corrected chi connectivity index (χ1v) is 5.27. The predicted molar refractivity (Wildman–Crippen MR) is 55.5 cm³/mol. The van der Waals surface area contributed by atoms with Crippen molar-refractivity contribution < 1.29 is 0 Å². The van der Waals surface area contributed by atoms with E-state index in [1.54, 1.807) is 0 Å². The molecule has 0 aliphatic heterocycles. The zero-order valence-corrected chi connectivity index (χ0v) is 8.83. The molecule has 4 aliphatic rings. The van der Waals surface area contributed by atoms with Crippen molar-refractivity contribution in [1.29, 1.82) is 0 Å². The quantitative estimate of drug-likeness (QED) is 0.531. The molecule has 4 aliphatic carbocycles. The fourth-order valence-electron chi connectivity index (χ4n) is 3.99. The summed E-state index contributed by atoms with van der Waals surface area (Å²) < 4.78 is 0. The van der Waals surface area contributed by atoms with Crippen LogP contribution < -0.4 is 11.3 Å². The summed E-state index contributed by atoms with van der Waals surface area (Å²) in [7, 11) is 0. The topological polar surface area (TPSA) is 38.0 Å². The largest absolute Gasteiger partial charge is 0.271 e. The summed E-state index contributed by atoms with van der Waals surface area (Å²) in [6, 6.07) is 0. The van der Waals surface area contributed by atoms with Crippen LogP contribution in [0.4, 0.5) is 0 Å². The van der Waals surface area contributed by atoms with Crippen LogP contribution in [-0.2, 0) is 0 Å². The van der Waals surface area contributed by atoms with Crippen molar-refractivity contribution in [2.24, 2.45) is 17.2 Å². The van der Waals surface area contributed by atoms with Crippen molar-refractivity contribution in [1.82, 2.24) is 5.43 Å². The third kappa shape index (κ3) is 1.09. The second-order valence-corrected chi connectivity index (χ2v) is 5.30. The maximum absolute atomic E-state index is 5.51. The lowest BCUT2D eigenvalue weighted by Gasteiger charge is -2.73. The average molecular weight is 203 g/mol. The first kappa shape index (κ1) is 9.75. The van der Waals surface area contributed by atoms with Gasteiger partial charge in [-0.05, 0) is 43.4 Å². The fourth-order valence-corrected chi connectivity index (χ4v) is 3.99. The van der Waals surface area contributed by atoms with Crippen LogP contribution >= 0.6 is 12.4 Å². The Morgan fingerprint density at radius 1 is 1.08 bits per heavy atom. The summed E-state index contributed by atoms with van der Waals surface area (Å²) in [4.78, 5) is 0. The van der Waals surface area contributed by atoms with Gasteiger partial charge in [-0.25, -0.2) is 0 Å². The van der Waals surface area contributed by atoms with E-state index in [2.05, 4.69) is 5.43 Å². The van der Waals surface area contributed by atoms with Gasteiger partial charge in [0.1, 0.15) is 0 Å². The third-order valence-electron chi connectivity index (χ3n) is 4.60. The summed E-state index contributed by atoms with van der Waals surface area (Å²) in [5, 5.41) is 0. The number of hydrogen-bond donors (Lipinski definition) is 2. The van der Waals surface area contributed by atoms with Gasteiger partial charge in [0, 0.05) is 5.54 Å². The lowest BCUT2D eigenvalue weighted by molar-refractivity contribution is -0.190. The molecule has 4 saturated carbocycles. The van der Waals surface area contributed by atoms with Gasteiger partial charge in [0.2, 0.25) is 0 Å². The van der Waals surface area contributed by atoms with Crippen molar-refractivity contribution in [3.05, 3.63) is 0 Å². The molecule has 0 aromatic carbocycles. The van der Waals surface area contributed by atoms with Gasteiger partial charge in [-0.1, -0.05) is 12.8 Å². The first-order chi connectivity index (χ1) is 5.79. The molecule has 0 aromatic rings. The average Bonchev–Trinajstić information content (AvgIpc) is 2.35. The Hall–Kier alpha value is 0.210. The molecule has 0 amide bonds. The van der Waals surface area contributed by atoms with E-state index < -0.39 is 0 Å². The maximum Gasteiger partial charge on any atom is 0.0337 e. The van der Waals surface area contributed by atoms with Crippen LogP contribution in [0.25, 0.3) is 0 Å². The molecule has 3 heteroatoms. The number of nitrogens with two attached hydrogens (primary N) is 1. The minimum absolute atomic E-state index is 0.